The van der Waals surface area contributed by atoms with Crippen molar-refractivity contribution in [3.63, 3.8) is 0 Å². The molecular weight excluding hydrogens is 447 g/mol. The highest BCUT2D eigenvalue weighted by Gasteiger charge is 2.24. The lowest BCUT2D eigenvalue weighted by Gasteiger charge is -2.21. The van der Waals surface area contributed by atoms with Gasteiger partial charge in [0.25, 0.3) is 0 Å². The lowest BCUT2D eigenvalue weighted by molar-refractivity contribution is 0.0536. The molecule has 0 amide bonds. The average Bonchev–Trinajstić information content (AvgIpc) is 3.11. The Kier molecular flexibility index (Phi) is 11.5. The first kappa shape index (κ1) is 22.9. The predicted molar refractivity (Wildman–Crippen MR) is 113 cm³/mol. The second-order valence-electron chi connectivity index (χ2n) is 6.05. The van der Waals surface area contributed by atoms with Crippen LogP contribution in [-0.2, 0) is 16.0 Å². The van der Waals surface area contributed by atoms with Crippen LogP contribution >= 0.6 is 24.0 Å². The van der Waals surface area contributed by atoms with Crippen LogP contribution in [0.3, 0.4) is 0 Å². The molecule has 1 fully saturated rings. The molecule has 2 heterocycles. The van der Waals surface area contributed by atoms with Gasteiger partial charge in [-0.25, -0.2) is 9.98 Å². The minimum absolute atomic E-state index is 0. The van der Waals surface area contributed by atoms with Gasteiger partial charge < -0.3 is 24.4 Å². The van der Waals surface area contributed by atoms with E-state index in [0.717, 1.165) is 44.2 Å². The van der Waals surface area contributed by atoms with Crippen LogP contribution in [0.15, 0.2) is 23.3 Å². The van der Waals surface area contributed by atoms with Crippen molar-refractivity contribution in [2.24, 2.45) is 10.9 Å². The van der Waals surface area contributed by atoms with E-state index >= 15 is 0 Å². The first-order chi connectivity index (χ1) is 12.3. The lowest BCUT2D eigenvalue weighted by Crippen LogP contribution is -2.40. The van der Waals surface area contributed by atoms with Crippen LogP contribution in [0.5, 0.6) is 5.88 Å². The Morgan fingerprint density at radius 1 is 1.38 bits per heavy atom. The van der Waals surface area contributed by atoms with Gasteiger partial charge in [0.1, 0.15) is 0 Å². The van der Waals surface area contributed by atoms with Crippen molar-refractivity contribution in [1.29, 1.82) is 0 Å². The number of likely N-dealkylation sites (tertiary alicyclic amines) is 1. The zero-order valence-electron chi connectivity index (χ0n) is 15.9. The third-order valence-corrected chi connectivity index (χ3v) is 4.13. The summed E-state index contributed by atoms with van der Waals surface area (Å²) in [5.74, 6) is 2.12. The molecule has 148 valence electrons. The summed E-state index contributed by atoms with van der Waals surface area (Å²) < 4.78 is 15.8. The molecule has 1 N–H and O–H groups in total. The molecule has 1 aromatic rings. The molecule has 1 saturated heterocycles. The van der Waals surface area contributed by atoms with Crippen molar-refractivity contribution in [3.05, 3.63) is 23.9 Å². The highest BCUT2D eigenvalue weighted by Crippen LogP contribution is 2.17. The van der Waals surface area contributed by atoms with Crippen molar-refractivity contribution in [2.45, 2.75) is 19.9 Å². The Bertz CT molecular complexity index is 545. The number of hydrogen-bond donors (Lipinski definition) is 1. The summed E-state index contributed by atoms with van der Waals surface area (Å²) in [7, 11) is 3.32. The van der Waals surface area contributed by atoms with E-state index in [-0.39, 0.29) is 24.0 Å². The van der Waals surface area contributed by atoms with E-state index in [1.165, 1.54) is 0 Å². The molecule has 2 rings (SSSR count). The highest BCUT2D eigenvalue weighted by molar-refractivity contribution is 14.0. The molecular formula is C18H31IN4O3. The third kappa shape index (κ3) is 7.63. The number of aliphatic imine (C=N–C) groups is 1. The maximum Gasteiger partial charge on any atom is 0.213 e. The van der Waals surface area contributed by atoms with Crippen molar-refractivity contribution in [1.82, 2.24) is 15.2 Å². The molecule has 1 unspecified atom stereocenters. The number of nitrogens with zero attached hydrogens (tertiary/aromatic N) is 3. The quantitative estimate of drug-likeness (QED) is 0.254. The van der Waals surface area contributed by atoms with Crippen molar-refractivity contribution < 1.29 is 14.2 Å². The summed E-state index contributed by atoms with van der Waals surface area (Å²) in [4.78, 5) is 11.2. The summed E-state index contributed by atoms with van der Waals surface area (Å²) in [5, 5.41) is 3.39. The molecule has 7 nitrogen and oxygen atoms in total. The molecule has 1 aliphatic heterocycles. The molecule has 0 saturated carbocycles. The van der Waals surface area contributed by atoms with Gasteiger partial charge >= 0.3 is 0 Å². The Labute approximate surface area is 173 Å². The molecule has 0 spiro atoms. The number of halogens is 1. The number of ether oxygens (including phenoxy) is 3. The van der Waals surface area contributed by atoms with Gasteiger partial charge in [-0.3, -0.25) is 0 Å². The summed E-state index contributed by atoms with van der Waals surface area (Å²) in [6.45, 7) is 7.60. The minimum Gasteiger partial charge on any atom is -0.481 e. The van der Waals surface area contributed by atoms with Gasteiger partial charge in [0, 0.05) is 44.9 Å². The molecule has 1 aliphatic rings. The van der Waals surface area contributed by atoms with Gasteiger partial charge in [0.15, 0.2) is 5.96 Å². The number of nitrogens with one attached hydrogen (secondary N) is 1. The summed E-state index contributed by atoms with van der Waals surface area (Å²) in [5.41, 5.74) is 1.08. The predicted octanol–water partition coefficient (Wildman–Crippen LogP) is 2.16. The summed E-state index contributed by atoms with van der Waals surface area (Å²) >= 11 is 0. The molecule has 0 aromatic carbocycles. The van der Waals surface area contributed by atoms with Crippen LogP contribution in [-0.4, -0.2) is 69.5 Å². The largest absolute Gasteiger partial charge is 0.481 e. The Morgan fingerprint density at radius 2 is 2.23 bits per heavy atom. The topological polar surface area (TPSA) is 68.2 Å². The molecule has 26 heavy (non-hydrogen) atoms. The van der Waals surface area contributed by atoms with Crippen LogP contribution < -0.4 is 10.1 Å². The van der Waals surface area contributed by atoms with Crippen molar-refractivity contribution >= 4 is 29.9 Å². The number of hydrogen-bond acceptors (Lipinski definition) is 5. The molecule has 1 aromatic heterocycles. The van der Waals surface area contributed by atoms with Gasteiger partial charge in [-0.05, 0) is 25.0 Å². The van der Waals surface area contributed by atoms with E-state index in [9.17, 15) is 0 Å². The van der Waals surface area contributed by atoms with Crippen molar-refractivity contribution in [2.75, 3.05) is 53.7 Å². The van der Waals surface area contributed by atoms with E-state index in [4.69, 9.17) is 19.2 Å². The maximum atomic E-state index is 5.67. The van der Waals surface area contributed by atoms with Crippen LogP contribution in [0.2, 0.25) is 0 Å². The SMILES string of the molecule is CCNC(=NCc1ccnc(OC)c1)N1CCC(COCCOC)C1.I. The monoisotopic (exact) mass is 478 g/mol. The zero-order chi connectivity index (χ0) is 17.9. The molecule has 0 bridgehead atoms. The van der Waals surface area contributed by atoms with E-state index in [1.807, 2.05) is 12.1 Å². The van der Waals surface area contributed by atoms with Gasteiger partial charge in [-0.2, -0.15) is 0 Å². The van der Waals surface area contributed by atoms with Crippen LogP contribution in [0, 0.1) is 5.92 Å². The zero-order valence-corrected chi connectivity index (χ0v) is 18.3. The van der Waals surface area contributed by atoms with Crippen LogP contribution in [0.4, 0.5) is 0 Å². The van der Waals surface area contributed by atoms with E-state index in [1.54, 1.807) is 20.4 Å². The van der Waals surface area contributed by atoms with Gasteiger partial charge in [0.05, 0.1) is 33.5 Å². The van der Waals surface area contributed by atoms with Gasteiger partial charge in [-0.15, -0.1) is 24.0 Å². The van der Waals surface area contributed by atoms with E-state index in [2.05, 4.69) is 22.1 Å². The standard InChI is InChI=1S/C18H30N4O3.HI/c1-4-19-18(21-12-15-5-7-20-17(11-15)24-3)22-8-6-16(13-22)14-25-10-9-23-2;/h5,7,11,16H,4,6,8-10,12-14H2,1-3H3,(H,19,21);1H. The minimum atomic E-state index is 0. The first-order valence-corrected chi connectivity index (χ1v) is 8.85. The smallest absolute Gasteiger partial charge is 0.213 e. The summed E-state index contributed by atoms with van der Waals surface area (Å²) in [6.07, 6.45) is 2.88. The molecule has 1 atom stereocenters. The lowest BCUT2D eigenvalue weighted by atomic mass is 10.1. The number of pyridine rings is 1. The van der Waals surface area contributed by atoms with Gasteiger partial charge in [0.2, 0.25) is 5.88 Å². The molecule has 0 radical (unpaired) electrons. The maximum absolute atomic E-state index is 5.67. The van der Waals surface area contributed by atoms with Gasteiger partial charge in [-0.1, -0.05) is 0 Å². The second-order valence-corrected chi connectivity index (χ2v) is 6.05. The van der Waals surface area contributed by atoms with E-state index < -0.39 is 0 Å². The third-order valence-electron chi connectivity index (χ3n) is 4.13. The Morgan fingerprint density at radius 3 is 2.96 bits per heavy atom. The van der Waals surface area contributed by atoms with Crippen LogP contribution in [0.1, 0.15) is 18.9 Å². The fourth-order valence-electron chi connectivity index (χ4n) is 2.81. The second kappa shape index (κ2) is 13.1. The average molecular weight is 478 g/mol. The van der Waals surface area contributed by atoms with E-state index in [0.29, 0.717) is 31.6 Å². The highest BCUT2D eigenvalue weighted by atomic mass is 127. The summed E-state index contributed by atoms with van der Waals surface area (Å²) in [6, 6.07) is 3.88. The fourth-order valence-corrected chi connectivity index (χ4v) is 2.81. The molecule has 8 heteroatoms. The number of methoxy groups -OCH3 is 2. The number of guanidine groups is 1. The Balaban J connectivity index is 0.00000338. The van der Waals surface area contributed by atoms with Crippen LogP contribution in [0.25, 0.3) is 0 Å². The number of rotatable bonds is 9. The fraction of sp³-hybridized carbons (Fsp3) is 0.667. The first-order valence-electron chi connectivity index (χ1n) is 8.85. The normalized spacial score (nSPS) is 17.1. The Hall–Kier alpha value is -1.13. The number of aromatic nitrogens is 1. The van der Waals surface area contributed by atoms with Crippen molar-refractivity contribution in [3.8, 4) is 5.88 Å². The molecule has 0 aliphatic carbocycles.